The van der Waals surface area contributed by atoms with Crippen molar-refractivity contribution in [2.45, 2.75) is 44.8 Å². The van der Waals surface area contributed by atoms with Crippen molar-refractivity contribution in [3.05, 3.63) is 78.5 Å². The monoisotopic (exact) mass is 481 g/mol. The highest BCUT2D eigenvalue weighted by molar-refractivity contribution is 5.94. The fourth-order valence-electron chi connectivity index (χ4n) is 4.66. The first-order chi connectivity index (χ1) is 17.5. The van der Waals surface area contributed by atoms with Gasteiger partial charge in [-0.05, 0) is 58.0 Å². The summed E-state index contributed by atoms with van der Waals surface area (Å²) >= 11 is 0. The zero-order valence-corrected chi connectivity index (χ0v) is 20.8. The van der Waals surface area contributed by atoms with E-state index in [0.29, 0.717) is 5.56 Å². The lowest BCUT2D eigenvalue weighted by Gasteiger charge is -2.37. The number of aromatic nitrogens is 4. The molecule has 4 aromatic rings. The van der Waals surface area contributed by atoms with Crippen molar-refractivity contribution in [2.24, 2.45) is 0 Å². The van der Waals surface area contributed by atoms with E-state index in [1.54, 1.807) is 12.4 Å². The maximum atomic E-state index is 12.7. The summed E-state index contributed by atoms with van der Waals surface area (Å²) in [6.07, 6.45) is 8.84. The molecule has 8 heteroatoms. The lowest BCUT2D eigenvalue weighted by molar-refractivity contribution is 0.0886. The Hall–Kier alpha value is -3.91. The molecule has 3 aromatic heterocycles. The van der Waals surface area contributed by atoms with Gasteiger partial charge in [0.2, 0.25) is 0 Å². The molecule has 184 valence electrons. The molecule has 1 fully saturated rings. The van der Waals surface area contributed by atoms with Gasteiger partial charge in [0.15, 0.2) is 0 Å². The normalized spacial score (nSPS) is 18.3. The van der Waals surface area contributed by atoms with Gasteiger partial charge in [0, 0.05) is 41.3 Å². The summed E-state index contributed by atoms with van der Waals surface area (Å²) in [7, 11) is 2.11. The Morgan fingerprint density at radius 2 is 1.89 bits per heavy atom. The molecule has 1 amide bonds. The smallest absolute Gasteiger partial charge is 0.251 e. The van der Waals surface area contributed by atoms with Gasteiger partial charge in [-0.2, -0.15) is 0 Å². The van der Waals surface area contributed by atoms with Gasteiger partial charge in [0.05, 0.1) is 41.5 Å². The molecule has 1 saturated heterocycles. The van der Waals surface area contributed by atoms with Crippen molar-refractivity contribution in [2.75, 3.05) is 18.9 Å². The van der Waals surface area contributed by atoms with Crippen LogP contribution in [0.2, 0.25) is 0 Å². The molecule has 1 aliphatic rings. The van der Waals surface area contributed by atoms with Crippen molar-refractivity contribution in [1.82, 2.24) is 30.2 Å². The van der Waals surface area contributed by atoms with Gasteiger partial charge in [-0.3, -0.25) is 24.6 Å². The van der Waals surface area contributed by atoms with E-state index in [0.717, 1.165) is 53.1 Å². The molecule has 36 heavy (non-hydrogen) atoms. The first-order valence-corrected chi connectivity index (χ1v) is 12.4. The van der Waals surface area contributed by atoms with Gasteiger partial charge in [0.1, 0.15) is 5.82 Å². The average molecular weight is 482 g/mol. The molecule has 0 bridgehead atoms. The number of likely N-dealkylation sites (tertiary alicyclic amines) is 1. The molecule has 8 nitrogen and oxygen atoms in total. The van der Waals surface area contributed by atoms with E-state index in [1.165, 1.54) is 0 Å². The fourth-order valence-corrected chi connectivity index (χ4v) is 4.66. The van der Waals surface area contributed by atoms with Crippen LogP contribution in [0.1, 0.15) is 48.8 Å². The first kappa shape index (κ1) is 23.8. The average Bonchev–Trinajstić information content (AvgIpc) is 2.89. The number of nitrogens with one attached hydrogen (secondary N) is 2. The van der Waals surface area contributed by atoms with Gasteiger partial charge < -0.3 is 10.6 Å². The van der Waals surface area contributed by atoms with Gasteiger partial charge in [0.25, 0.3) is 5.91 Å². The molecule has 4 heterocycles. The molecule has 2 atom stereocenters. The SMILES string of the molecule is CC(C)Nc1cncc(-c2cnc3cnc(C4CC(NC(=O)c5ccccc5)CCN4C)cc3c2)n1. The second-order valence-corrected chi connectivity index (χ2v) is 9.67. The highest BCUT2D eigenvalue weighted by Gasteiger charge is 2.29. The third kappa shape index (κ3) is 5.33. The van der Waals surface area contributed by atoms with E-state index in [9.17, 15) is 4.79 Å². The summed E-state index contributed by atoms with van der Waals surface area (Å²) in [5.41, 5.74) is 4.17. The highest BCUT2D eigenvalue weighted by atomic mass is 16.1. The minimum absolute atomic E-state index is 0.0282. The Balaban J connectivity index is 1.37. The van der Waals surface area contributed by atoms with E-state index in [4.69, 9.17) is 9.97 Å². The lowest BCUT2D eigenvalue weighted by Crippen LogP contribution is -2.45. The Morgan fingerprint density at radius 3 is 2.69 bits per heavy atom. The number of benzene rings is 1. The third-order valence-corrected chi connectivity index (χ3v) is 6.54. The van der Waals surface area contributed by atoms with E-state index in [2.05, 4.69) is 58.5 Å². The van der Waals surface area contributed by atoms with Crippen LogP contribution in [0.25, 0.3) is 22.2 Å². The summed E-state index contributed by atoms with van der Waals surface area (Å²) in [5, 5.41) is 7.52. The topological polar surface area (TPSA) is 95.9 Å². The first-order valence-electron chi connectivity index (χ1n) is 12.4. The van der Waals surface area contributed by atoms with Gasteiger partial charge in [-0.15, -0.1) is 0 Å². The van der Waals surface area contributed by atoms with Gasteiger partial charge >= 0.3 is 0 Å². The molecule has 0 spiro atoms. The van der Waals surface area contributed by atoms with Crippen molar-refractivity contribution in [3.8, 4) is 11.3 Å². The number of nitrogens with zero attached hydrogens (tertiary/aromatic N) is 5. The van der Waals surface area contributed by atoms with Crippen molar-refractivity contribution in [3.63, 3.8) is 0 Å². The molecular formula is C28H31N7O. The van der Waals surface area contributed by atoms with Crippen LogP contribution >= 0.6 is 0 Å². The predicted molar refractivity (Wildman–Crippen MR) is 142 cm³/mol. The third-order valence-electron chi connectivity index (χ3n) is 6.54. The molecule has 2 unspecified atom stereocenters. The number of hydrogen-bond donors (Lipinski definition) is 2. The molecule has 1 aliphatic heterocycles. The van der Waals surface area contributed by atoms with Crippen LogP contribution in [0.4, 0.5) is 5.82 Å². The maximum absolute atomic E-state index is 12.7. The Bertz CT molecular complexity index is 1360. The Morgan fingerprint density at radius 1 is 1.06 bits per heavy atom. The maximum Gasteiger partial charge on any atom is 0.251 e. The van der Waals surface area contributed by atoms with E-state index in [1.807, 2.05) is 42.7 Å². The molecular weight excluding hydrogens is 450 g/mol. The minimum Gasteiger partial charge on any atom is -0.367 e. The molecule has 0 aliphatic carbocycles. The molecule has 0 saturated carbocycles. The minimum atomic E-state index is -0.0282. The Kier molecular flexibility index (Phi) is 6.86. The van der Waals surface area contributed by atoms with Crippen LogP contribution in [0.15, 0.2) is 67.3 Å². The van der Waals surface area contributed by atoms with Crippen LogP contribution in [0, 0.1) is 0 Å². The summed E-state index contributed by atoms with van der Waals surface area (Å²) < 4.78 is 0. The number of hydrogen-bond acceptors (Lipinski definition) is 7. The Labute approximate surface area is 211 Å². The number of pyridine rings is 2. The van der Waals surface area contributed by atoms with Crippen LogP contribution in [-0.4, -0.2) is 56.4 Å². The van der Waals surface area contributed by atoms with Crippen LogP contribution < -0.4 is 10.6 Å². The van der Waals surface area contributed by atoms with Crippen molar-refractivity contribution >= 4 is 22.6 Å². The van der Waals surface area contributed by atoms with Gasteiger partial charge in [-0.1, -0.05) is 18.2 Å². The van der Waals surface area contributed by atoms with Crippen molar-refractivity contribution in [1.29, 1.82) is 0 Å². The second-order valence-electron chi connectivity index (χ2n) is 9.67. The fraction of sp³-hybridized carbons (Fsp3) is 0.321. The quantitative estimate of drug-likeness (QED) is 0.419. The summed E-state index contributed by atoms with van der Waals surface area (Å²) in [6, 6.07) is 14.0. The van der Waals surface area contributed by atoms with E-state index < -0.39 is 0 Å². The zero-order chi connectivity index (χ0) is 25.1. The number of rotatable bonds is 6. The predicted octanol–water partition coefficient (Wildman–Crippen LogP) is 4.47. The molecule has 5 rings (SSSR count). The summed E-state index contributed by atoms with van der Waals surface area (Å²) in [4.78, 5) is 33.4. The largest absolute Gasteiger partial charge is 0.367 e. The summed E-state index contributed by atoms with van der Waals surface area (Å²) in [5.74, 6) is 0.713. The number of fused-ring (bicyclic) bond motifs is 1. The lowest BCUT2D eigenvalue weighted by atomic mass is 9.94. The van der Waals surface area contributed by atoms with Crippen LogP contribution in [0.3, 0.4) is 0 Å². The van der Waals surface area contributed by atoms with Crippen LogP contribution in [0.5, 0.6) is 0 Å². The number of piperidine rings is 1. The standard InChI is InChI=1S/C28H31N7O/c1-18(2)32-27-17-29-15-25(34-27)21-11-20-12-23(31-16-24(20)30-14-21)26-13-22(9-10-35(26)3)33-28(36)19-7-5-4-6-8-19/h4-8,11-12,14-18,22,26H,9-10,13H2,1-3H3,(H,32,34)(H,33,36). The van der Waals surface area contributed by atoms with Crippen molar-refractivity contribution < 1.29 is 4.79 Å². The van der Waals surface area contributed by atoms with E-state index >= 15 is 0 Å². The highest BCUT2D eigenvalue weighted by Crippen LogP contribution is 2.31. The molecule has 0 radical (unpaired) electrons. The van der Waals surface area contributed by atoms with Gasteiger partial charge in [-0.25, -0.2) is 4.98 Å². The molecule has 2 N–H and O–H groups in total. The number of anilines is 1. The number of amides is 1. The summed E-state index contributed by atoms with van der Waals surface area (Å²) in [6.45, 7) is 5.02. The second kappa shape index (κ2) is 10.4. The van der Waals surface area contributed by atoms with Crippen LogP contribution in [-0.2, 0) is 0 Å². The zero-order valence-electron chi connectivity index (χ0n) is 20.8. The van der Waals surface area contributed by atoms with E-state index in [-0.39, 0.29) is 24.0 Å². The number of carbonyl (C=O) groups excluding carboxylic acids is 1. The molecule has 1 aromatic carbocycles. The number of carbonyl (C=O) groups is 1.